The lowest BCUT2D eigenvalue weighted by Gasteiger charge is -2.16. The summed E-state index contributed by atoms with van der Waals surface area (Å²) in [7, 11) is 4.03. The maximum absolute atomic E-state index is 6.25. The number of nitrogens with zero attached hydrogens (tertiary/aromatic N) is 1. The molecular weight excluding hydrogens is 291 g/mol. The molecule has 0 fully saturated rings. The molecule has 0 aliphatic carbocycles. The average molecular weight is 309 g/mol. The van der Waals surface area contributed by atoms with E-state index < -0.39 is 0 Å². The van der Waals surface area contributed by atoms with Gasteiger partial charge in [-0.25, -0.2) is 0 Å². The number of benzene rings is 2. The van der Waals surface area contributed by atoms with Gasteiger partial charge < -0.3 is 10.6 Å². The van der Waals surface area contributed by atoms with Gasteiger partial charge in [0.05, 0.1) is 0 Å². The molecule has 0 bridgehead atoms. The minimum atomic E-state index is -0.0788. The summed E-state index contributed by atoms with van der Waals surface area (Å²) in [5, 5.41) is 1.31. The van der Waals surface area contributed by atoms with E-state index in [0.29, 0.717) is 16.5 Å². The fraction of sp³-hybridized carbons (Fsp3) is 0.250. The van der Waals surface area contributed by atoms with Crippen molar-refractivity contribution in [2.75, 3.05) is 19.0 Å². The van der Waals surface area contributed by atoms with Gasteiger partial charge in [0, 0.05) is 35.9 Å². The Morgan fingerprint density at radius 3 is 2.25 bits per heavy atom. The van der Waals surface area contributed by atoms with Crippen LogP contribution in [0.2, 0.25) is 10.0 Å². The van der Waals surface area contributed by atoms with E-state index in [1.807, 2.05) is 26.2 Å². The van der Waals surface area contributed by atoms with Crippen molar-refractivity contribution < 1.29 is 0 Å². The van der Waals surface area contributed by atoms with E-state index in [1.54, 1.807) is 6.07 Å². The third-order valence-corrected chi connectivity index (χ3v) is 3.88. The van der Waals surface area contributed by atoms with Gasteiger partial charge in [-0.05, 0) is 41.8 Å². The van der Waals surface area contributed by atoms with Gasteiger partial charge >= 0.3 is 0 Å². The molecule has 2 N–H and O–H groups in total. The summed E-state index contributed by atoms with van der Waals surface area (Å²) in [6.07, 6.45) is 0.692. The number of hydrogen-bond donors (Lipinski definition) is 1. The van der Waals surface area contributed by atoms with Gasteiger partial charge in [-0.2, -0.15) is 0 Å². The third-order valence-electron chi connectivity index (χ3n) is 3.29. The van der Waals surface area contributed by atoms with E-state index in [0.717, 1.165) is 16.8 Å². The lowest BCUT2D eigenvalue weighted by Crippen LogP contribution is -2.14. The summed E-state index contributed by atoms with van der Waals surface area (Å²) in [6.45, 7) is 0. The van der Waals surface area contributed by atoms with Crippen LogP contribution in [0.15, 0.2) is 42.5 Å². The molecule has 2 aromatic rings. The number of halogens is 2. The summed E-state index contributed by atoms with van der Waals surface area (Å²) < 4.78 is 0. The number of nitrogens with two attached hydrogens (primary N) is 1. The van der Waals surface area contributed by atoms with Crippen LogP contribution < -0.4 is 10.6 Å². The molecule has 1 unspecified atom stereocenters. The van der Waals surface area contributed by atoms with Crippen molar-refractivity contribution in [2.45, 2.75) is 12.5 Å². The molecule has 0 aliphatic heterocycles. The Morgan fingerprint density at radius 2 is 1.70 bits per heavy atom. The maximum atomic E-state index is 6.25. The Labute approximate surface area is 130 Å². The van der Waals surface area contributed by atoms with Crippen LogP contribution in [0.5, 0.6) is 0 Å². The molecule has 0 spiro atoms. The van der Waals surface area contributed by atoms with Crippen LogP contribution in [-0.2, 0) is 6.42 Å². The van der Waals surface area contributed by atoms with Gasteiger partial charge in [0.15, 0.2) is 0 Å². The molecule has 0 radical (unpaired) electrons. The fourth-order valence-electron chi connectivity index (χ4n) is 2.06. The fourth-order valence-corrected chi connectivity index (χ4v) is 2.55. The van der Waals surface area contributed by atoms with E-state index in [9.17, 15) is 0 Å². The van der Waals surface area contributed by atoms with E-state index in [2.05, 4.69) is 29.2 Å². The number of anilines is 1. The van der Waals surface area contributed by atoms with Crippen molar-refractivity contribution >= 4 is 28.9 Å². The standard InChI is InChI=1S/C16H18Cl2N2/c1-20(2)14-7-4-11(5-8-14)16(19)9-12-3-6-13(17)10-15(12)18/h3-8,10,16H,9,19H2,1-2H3. The molecule has 2 rings (SSSR count). The molecule has 2 nitrogen and oxygen atoms in total. The molecule has 0 saturated heterocycles. The van der Waals surface area contributed by atoms with Gasteiger partial charge in [-0.1, -0.05) is 41.4 Å². The van der Waals surface area contributed by atoms with Gasteiger partial charge in [0.25, 0.3) is 0 Å². The zero-order chi connectivity index (χ0) is 14.7. The quantitative estimate of drug-likeness (QED) is 0.912. The summed E-state index contributed by atoms with van der Waals surface area (Å²) in [5.41, 5.74) is 9.53. The summed E-state index contributed by atoms with van der Waals surface area (Å²) >= 11 is 12.1. The van der Waals surface area contributed by atoms with Crippen molar-refractivity contribution in [1.29, 1.82) is 0 Å². The van der Waals surface area contributed by atoms with E-state index >= 15 is 0 Å². The lowest BCUT2D eigenvalue weighted by atomic mass is 9.99. The Balaban J connectivity index is 2.13. The van der Waals surface area contributed by atoms with Gasteiger partial charge in [0.2, 0.25) is 0 Å². The first-order valence-corrected chi connectivity index (χ1v) is 7.20. The molecule has 0 saturated carbocycles. The summed E-state index contributed by atoms with van der Waals surface area (Å²) in [4.78, 5) is 2.06. The highest BCUT2D eigenvalue weighted by Crippen LogP contribution is 2.26. The second kappa shape index (κ2) is 6.49. The third kappa shape index (κ3) is 3.66. The van der Waals surface area contributed by atoms with Crippen molar-refractivity contribution in [3.63, 3.8) is 0 Å². The summed E-state index contributed by atoms with van der Waals surface area (Å²) in [6, 6.07) is 13.7. The molecule has 4 heteroatoms. The normalized spacial score (nSPS) is 12.2. The Morgan fingerprint density at radius 1 is 1.05 bits per heavy atom. The van der Waals surface area contributed by atoms with Crippen LogP contribution in [0, 0.1) is 0 Å². The van der Waals surface area contributed by atoms with Crippen LogP contribution in [0.25, 0.3) is 0 Å². The van der Waals surface area contributed by atoms with E-state index in [4.69, 9.17) is 28.9 Å². The first kappa shape index (κ1) is 15.2. The monoisotopic (exact) mass is 308 g/mol. The molecule has 20 heavy (non-hydrogen) atoms. The van der Waals surface area contributed by atoms with Crippen molar-refractivity contribution in [1.82, 2.24) is 0 Å². The Hall–Kier alpha value is -1.22. The van der Waals surface area contributed by atoms with Crippen molar-refractivity contribution in [3.05, 3.63) is 63.6 Å². The van der Waals surface area contributed by atoms with Crippen LogP contribution in [0.1, 0.15) is 17.2 Å². The average Bonchev–Trinajstić information content (AvgIpc) is 2.42. The molecule has 0 heterocycles. The predicted molar refractivity (Wildman–Crippen MR) is 87.9 cm³/mol. The van der Waals surface area contributed by atoms with E-state index in [-0.39, 0.29) is 6.04 Å². The van der Waals surface area contributed by atoms with Crippen LogP contribution in [-0.4, -0.2) is 14.1 Å². The predicted octanol–water partition coefficient (Wildman–Crippen LogP) is 4.30. The van der Waals surface area contributed by atoms with E-state index in [1.165, 1.54) is 0 Å². The zero-order valence-electron chi connectivity index (χ0n) is 11.6. The lowest BCUT2D eigenvalue weighted by molar-refractivity contribution is 0.722. The second-order valence-electron chi connectivity index (χ2n) is 5.03. The highest BCUT2D eigenvalue weighted by Gasteiger charge is 2.10. The summed E-state index contributed by atoms with van der Waals surface area (Å²) in [5.74, 6) is 0. The Kier molecular flexibility index (Phi) is 4.92. The zero-order valence-corrected chi connectivity index (χ0v) is 13.1. The molecule has 0 aliphatic rings. The SMILES string of the molecule is CN(C)c1ccc(C(N)Cc2ccc(Cl)cc2Cl)cc1. The van der Waals surface area contributed by atoms with Gasteiger partial charge in [-0.3, -0.25) is 0 Å². The van der Waals surface area contributed by atoms with Crippen LogP contribution in [0.4, 0.5) is 5.69 Å². The first-order chi connectivity index (χ1) is 9.47. The largest absolute Gasteiger partial charge is 0.378 e. The molecule has 2 aromatic carbocycles. The molecule has 0 amide bonds. The van der Waals surface area contributed by atoms with Crippen molar-refractivity contribution in [2.24, 2.45) is 5.73 Å². The minimum absolute atomic E-state index is 0.0788. The minimum Gasteiger partial charge on any atom is -0.378 e. The first-order valence-electron chi connectivity index (χ1n) is 6.44. The topological polar surface area (TPSA) is 29.3 Å². The highest BCUT2D eigenvalue weighted by molar-refractivity contribution is 6.35. The smallest absolute Gasteiger partial charge is 0.0453 e. The number of rotatable bonds is 4. The highest BCUT2D eigenvalue weighted by atomic mass is 35.5. The van der Waals surface area contributed by atoms with Gasteiger partial charge in [-0.15, -0.1) is 0 Å². The van der Waals surface area contributed by atoms with Crippen LogP contribution in [0.3, 0.4) is 0 Å². The van der Waals surface area contributed by atoms with Crippen LogP contribution >= 0.6 is 23.2 Å². The Bertz CT molecular complexity index is 580. The second-order valence-corrected chi connectivity index (χ2v) is 5.88. The molecule has 0 aromatic heterocycles. The number of hydrogen-bond acceptors (Lipinski definition) is 2. The van der Waals surface area contributed by atoms with Crippen molar-refractivity contribution in [3.8, 4) is 0 Å². The molecular formula is C16H18Cl2N2. The molecule has 106 valence electrons. The molecule has 1 atom stereocenters. The maximum Gasteiger partial charge on any atom is 0.0453 e. The van der Waals surface area contributed by atoms with Gasteiger partial charge in [0.1, 0.15) is 0 Å².